The number of ether oxygens (including phenoxy) is 1. The third kappa shape index (κ3) is 3.03. The fourth-order valence-electron chi connectivity index (χ4n) is 1.97. The van der Waals surface area contributed by atoms with Crippen LogP contribution < -0.4 is 4.74 Å². The van der Waals surface area contributed by atoms with E-state index in [1.54, 1.807) is 31.3 Å². The molecule has 0 saturated heterocycles. The van der Waals surface area contributed by atoms with Gasteiger partial charge < -0.3 is 9.84 Å². The molecule has 0 radical (unpaired) electrons. The lowest BCUT2D eigenvalue weighted by Gasteiger charge is -2.05. The number of aryl methyl sites for hydroxylation is 1. The topological polar surface area (TPSA) is 90.4 Å². The number of hydrogen-bond acceptors (Lipinski definition) is 5. The van der Waals surface area contributed by atoms with Crippen molar-refractivity contribution in [1.82, 2.24) is 9.78 Å². The summed E-state index contributed by atoms with van der Waals surface area (Å²) in [6.45, 7) is 3.62. The van der Waals surface area contributed by atoms with E-state index in [1.807, 2.05) is 13.8 Å². The van der Waals surface area contributed by atoms with E-state index in [4.69, 9.17) is 9.84 Å². The molecule has 112 valence electrons. The zero-order valence-corrected chi connectivity index (χ0v) is 12.1. The van der Waals surface area contributed by atoms with Gasteiger partial charge in [-0.3, -0.25) is 10.1 Å². The molecule has 1 aromatic heterocycles. The molecule has 0 saturated carbocycles. The minimum atomic E-state index is -0.472. The normalized spacial score (nSPS) is 10.9. The first-order chi connectivity index (χ1) is 9.93. The summed E-state index contributed by atoms with van der Waals surface area (Å²) in [7, 11) is 1.61. The number of rotatable bonds is 5. The molecule has 0 fully saturated rings. The van der Waals surface area contributed by atoms with Crippen LogP contribution in [0, 0.1) is 10.1 Å². The van der Waals surface area contributed by atoms with E-state index < -0.39 is 4.92 Å². The Hall–Kier alpha value is -2.41. The number of benzene rings is 1. The molecule has 0 aliphatic carbocycles. The van der Waals surface area contributed by atoms with Crippen molar-refractivity contribution in [2.45, 2.75) is 26.4 Å². The Kier molecular flexibility index (Phi) is 4.23. The molecule has 1 N–H and O–H groups in total. The molecule has 21 heavy (non-hydrogen) atoms. The van der Waals surface area contributed by atoms with E-state index in [2.05, 4.69) is 5.10 Å². The molecule has 2 rings (SSSR count). The molecule has 0 spiro atoms. The lowest BCUT2D eigenvalue weighted by Crippen LogP contribution is -1.97. The minimum absolute atomic E-state index is 0.0658. The molecule has 0 aliphatic rings. The van der Waals surface area contributed by atoms with Crippen molar-refractivity contribution in [3.05, 3.63) is 45.6 Å². The molecule has 1 heterocycles. The molecular weight excluding hydrogens is 274 g/mol. The lowest BCUT2D eigenvalue weighted by atomic mass is 10.1. The predicted molar refractivity (Wildman–Crippen MR) is 76.4 cm³/mol. The highest BCUT2D eigenvalue weighted by Crippen LogP contribution is 2.37. The molecule has 0 aliphatic heterocycles. The van der Waals surface area contributed by atoms with Crippen LogP contribution in [0.3, 0.4) is 0 Å². The second-order valence-corrected chi connectivity index (χ2v) is 4.98. The second-order valence-electron chi connectivity index (χ2n) is 4.98. The van der Waals surface area contributed by atoms with E-state index in [1.165, 1.54) is 4.68 Å². The molecule has 0 bridgehead atoms. The first kappa shape index (κ1) is 15.0. The number of hydrogen-bond donors (Lipinski definition) is 1. The average molecular weight is 291 g/mol. The molecule has 1 aromatic carbocycles. The van der Waals surface area contributed by atoms with Gasteiger partial charge in [0, 0.05) is 13.0 Å². The first-order valence-electron chi connectivity index (χ1n) is 6.53. The Morgan fingerprint density at radius 3 is 2.48 bits per heavy atom. The minimum Gasteiger partial charge on any atom is -0.434 e. The number of aromatic nitrogens is 2. The highest BCUT2D eigenvalue weighted by atomic mass is 16.6. The molecular formula is C14H17N3O4. The Bertz CT molecular complexity index is 647. The Balaban J connectivity index is 2.40. The van der Waals surface area contributed by atoms with Crippen LogP contribution in [0.25, 0.3) is 0 Å². The summed E-state index contributed by atoms with van der Waals surface area (Å²) in [6, 6.07) is 6.69. The highest BCUT2D eigenvalue weighted by molar-refractivity contribution is 5.49. The number of nitro groups is 1. The van der Waals surface area contributed by atoms with Crippen LogP contribution >= 0.6 is 0 Å². The van der Waals surface area contributed by atoms with Crippen molar-refractivity contribution in [2.75, 3.05) is 0 Å². The summed E-state index contributed by atoms with van der Waals surface area (Å²) >= 11 is 0. The summed E-state index contributed by atoms with van der Waals surface area (Å²) in [5.74, 6) is 0.472. The zero-order chi connectivity index (χ0) is 15.6. The van der Waals surface area contributed by atoms with Gasteiger partial charge in [0.2, 0.25) is 0 Å². The third-order valence-electron chi connectivity index (χ3n) is 3.05. The highest BCUT2D eigenvalue weighted by Gasteiger charge is 2.30. The van der Waals surface area contributed by atoms with Gasteiger partial charge in [0.25, 0.3) is 5.88 Å². The van der Waals surface area contributed by atoms with Crippen molar-refractivity contribution >= 4 is 5.69 Å². The smallest absolute Gasteiger partial charge is 0.354 e. The summed E-state index contributed by atoms with van der Waals surface area (Å²) in [4.78, 5) is 10.8. The fraction of sp³-hybridized carbons (Fsp3) is 0.357. The van der Waals surface area contributed by atoms with E-state index in [0.717, 1.165) is 5.56 Å². The van der Waals surface area contributed by atoms with Crippen molar-refractivity contribution in [2.24, 2.45) is 7.05 Å². The van der Waals surface area contributed by atoms with E-state index in [9.17, 15) is 10.1 Å². The van der Waals surface area contributed by atoms with Gasteiger partial charge in [-0.15, -0.1) is 0 Å². The van der Waals surface area contributed by atoms with Crippen molar-refractivity contribution < 1.29 is 14.8 Å². The van der Waals surface area contributed by atoms with Crippen LogP contribution in [-0.2, 0) is 13.7 Å². The molecule has 0 amide bonds. The molecule has 7 nitrogen and oxygen atoms in total. The third-order valence-corrected chi connectivity index (χ3v) is 3.05. The standard InChI is InChI=1S/C14H17N3O4/c1-9(2)12-13(17(19)20)14(16(3)15-12)21-11-6-4-10(8-18)5-7-11/h4-7,9,18H,8H2,1-3H3. The first-order valence-corrected chi connectivity index (χ1v) is 6.53. The van der Waals surface area contributed by atoms with Gasteiger partial charge in [0.15, 0.2) is 0 Å². The van der Waals surface area contributed by atoms with Gasteiger partial charge in [0.05, 0.1) is 11.5 Å². The quantitative estimate of drug-likeness (QED) is 0.675. The molecule has 0 unspecified atom stereocenters. The van der Waals surface area contributed by atoms with Crippen LogP contribution in [0.15, 0.2) is 24.3 Å². The van der Waals surface area contributed by atoms with Crippen LogP contribution in [0.2, 0.25) is 0 Å². The largest absolute Gasteiger partial charge is 0.434 e. The van der Waals surface area contributed by atoms with E-state index in [-0.39, 0.29) is 24.1 Å². The van der Waals surface area contributed by atoms with Crippen molar-refractivity contribution in [3.63, 3.8) is 0 Å². The Morgan fingerprint density at radius 2 is 2.00 bits per heavy atom. The summed E-state index contributed by atoms with van der Waals surface area (Å²) in [5.41, 5.74) is 1.02. The van der Waals surface area contributed by atoms with Crippen LogP contribution in [0.1, 0.15) is 31.0 Å². The Morgan fingerprint density at radius 1 is 1.38 bits per heavy atom. The maximum atomic E-state index is 11.3. The molecule has 7 heteroatoms. The van der Waals surface area contributed by atoms with Crippen molar-refractivity contribution in [3.8, 4) is 11.6 Å². The summed E-state index contributed by atoms with van der Waals surface area (Å²) in [5, 5.41) is 24.5. The van der Waals surface area contributed by atoms with Crippen LogP contribution in [0.4, 0.5) is 5.69 Å². The fourth-order valence-corrected chi connectivity index (χ4v) is 1.97. The molecule has 0 atom stereocenters. The Labute approximate surface area is 121 Å². The second kappa shape index (κ2) is 5.92. The number of aliphatic hydroxyl groups is 1. The van der Waals surface area contributed by atoms with E-state index in [0.29, 0.717) is 11.4 Å². The predicted octanol–water partition coefficient (Wildman–Crippen LogP) is 2.74. The monoisotopic (exact) mass is 291 g/mol. The van der Waals surface area contributed by atoms with Gasteiger partial charge in [-0.1, -0.05) is 26.0 Å². The van der Waals surface area contributed by atoms with Gasteiger partial charge >= 0.3 is 5.69 Å². The average Bonchev–Trinajstić information content (AvgIpc) is 2.77. The number of nitrogens with zero attached hydrogens (tertiary/aromatic N) is 3. The maximum absolute atomic E-state index is 11.3. The number of aliphatic hydroxyl groups excluding tert-OH is 1. The summed E-state index contributed by atoms with van der Waals surface area (Å²) < 4.78 is 6.98. The SMILES string of the molecule is CC(C)c1nn(C)c(Oc2ccc(CO)cc2)c1[N+](=O)[O-]. The van der Waals surface area contributed by atoms with Crippen LogP contribution in [-0.4, -0.2) is 19.8 Å². The van der Waals surface area contributed by atoms with E-state index >= 15 is 0 Å². The van der Waals surface area contributed by atoms with Crippen molar-refractivity contribution in [1.29, 1.82) is 0 Å². The lowest BCUT2D eigenvalue weighted by molar-refractivity contribution is -0.386. The molecule has 2 aromatic rings. The van der Waals surface area contributed by atoms with Gasteiger partial charge in [-0.2, -0.15) is 5.10 Å². The van der Waals surface area contributed by atoms with Gasteiger partial charge in [-0.05, 0) is 17.7 Å². The van der Waals surface area contributed by atoms with Gasteiger partial charge in [0.1, 0.15) is 11.4 Å². The maximum Gasteiger partial charge on any atom is 0.354 e. The van der Waals surface area contributed by atoms with Crippen LogP contribution in [0.5, 0.6) is 11.6 Å². The summed E-state index contributed by atoms with van der Waals surface area (Å²) in [6.07, 6.45) is 0. The van der Waals surface area contributed by atoms with Gasteiger partial charge in [-0.25, -0.2) is 4.68 Å². The zero-order valence-electron chi connectivity index (χ0n) is 12.1.